The number of likely N-dealkylation sites (N-methyl/N-ethyl adjacent to an activating group) is 1. The Hall–Kier alpha value is -0.870. The number of rotatable bonds is 2. The number of thiophene rings is 1. The summed E-state index contributed by atoms with van der Waals surface area (Å²) >= 11 is 8.15. The summed E-state index contributed by atoms with van der Waals surface area (Å²) < 4.78 is 0. The molecule has 0 N–H and O–H groups in total. The summed E-state index contributed by atoms with van der Waals surface area (Å²) in [4.78, 5) is 5.16. The number of hydrogen-bond acceptors (Lipinski definition) is 3. The monoisotopic (exact) mass is 360 g/mol. The van der Waals surface area contributed by atoms with E-state index in [1.807, 2.05) is 0 Å². The van der Waals surface area contributed by atoms with Crippen LogP contribution in [-0.2, 0) is 0 Å². The van der Waals surface area contributed by atoms with Crippen LogP contribution in [0.5, 0.6) is 0 Å². The Morgan fingerprint density at radius 1 is 1.17 bits per heavy atom. The first kappa shape index (κ1) is 16.6. The van der Waals surface area contributed by atoms with E-state index in [1.165, 1.54) is 23.1 Å². The first-order valence-corrected chi connectivity index (χ1v) is 10.0. The largest absolute Gasteiger partial charge is 0.299 e. The van der Waals surface area contributed by atoms with E-state index in [4.69, 9.17) is 11.6 Å². The number of nitrogens with zero attached hydrogens (tertiary/aromatic N) is 2. The Kier molecular flexibility index (Phi) is 4.24. The van der Waals surface area contributed by atoms with Crippen molar-refractivity contribution in [1.82, 2.24) is 9.80 Å². The summed E-state index contributed by atoms with van der Waals surface area (Å²) in [6.07, 6.45) is 1.17. The van der Waals surface area contributed by atoms with Gasteiger partial charge < -0.3 is 0 Å². The van der Waals surface area contributed by atoms with Gasteiger partial charge in [0.05, 0.1) is 0 Å². The third kappa shape index (κ3) is 2.82. The van der Waals surface area contributed by atoms with Crippen molar-refractivity contribution in [3.63, 3.8) is 0 Å². The van der Waals surface area contributed by atoms with Gasteiger partial charge in [-0.1, -0.05) is 17.7 Å². The first-order chi connectivity index (χ1) is 11.5. The molecule has 1 aliphatic carbocycles. The van der Waals surface area contributed by atoms with E-state index in [9.17, 15) is 0 Å². The van der Waals surface area contributed by atoms with E-state index in [0.29, 0.717) is 12.0 Å². The van der Waals surface area contributed by atoms with Crippen molar-refractivity contribution < 1.29 is 0 Å². The van der Waals surface area contributed by atoms with Gasteiger partial charge >= 0.3 is 0 Å². The maximum Gasteiger partial charge on any atom is 0.0409 e. The van der Waals surface area contributed by atoms with Crippen LogP contribution in [0.1, 0.15) is 48.9 Å². The molecular formula is C20H25ClN2S. The van der Waals surface area contributed by atoms with E-state index >= 15 is 0 Å². The number of piperazine rings is 1. The van der Waals surface area contributed by atoms with E-state index in [1.54, 1.807) is 11.3 Å². The highest BCUT2D eigenvalue weighted by Crippen LogP contribution is 2.48. The van der Waals surface area contributed by atoms with E-state index < -0.39 is 0 Å². The fourth-order valence-electron chi connectivity index (χ4n) is 4.31. The summed E-state index contributed by atoms with van der Waals surface area (Å²) in [6.45, 7) is 8.07. The zero-order valence-electron chi connectivity index (χ0n) is 14.6. The van der Waals surface area contributed by atoms with E-state index in [0.717, 1.165) is 24.7 Å². The van der Waals surface area contributed by atoms with Gasteiger partial charge in [0.15, 0.2) is 0 Å². The minimum absolute atomic E-state index is 0.220. The van der Waals surface area contributed by atoms with Crippen LogP contribution in [0.4, 0.5) is 0 Å². The first-order valence-electron chi connectivity index (χ1n) is 8.72. The summed E-state index contributed by atoms with van der Waals surface area (Å²) in [5.41, 5.74) is 4.59. The van der Waals surface area contributed by atoms with E-state index in [2.05, 4.69) is 65.7 Å². The lowest BCUT2D eigenvalue weighted by molar-refractivity contribution is 0.0159. The molecule has 1 aromatic heterocycles. The molecule has 2 nitrogen and oxygen atoms in total. The van der Waals surface area contributed by atoms with Crippen molar-refractivity contribution in [1.29, 1.82) is 0 Å². The Morgan fingerprint density at radius 2 is 2.00 bits per heavy atom. The minimum Gasteiger partial charge on any atom is -0.299 e. The SMILES string of the molecule is CN1CCN([C@H]2C[C@H](c3ccsc3)c3ccc(Cl)cc32)CC1(C)C. The zero-order chi connectivity index (χ0) is 16.9. The molecule has 0 spiro atoms. The second-order valence-corrected chi connectivity index (χ2v) is 9.05. The molecule has 2 aromatic rings. The van der Waals surface area contributed by atoms with Gasteiger partial charge in [0, 0.05) is 42.2 Å². The lowest BCUT2D eigenvalue weighted by Gasteiger charge is -2.47. The second-order valence-electron chi connectivity index (χ2n) is 7.84. The van der Waals surface area contributed by atoms with Gasteiger partial charge in [-0.15, -0.1) is 0 Å². The summed E-state index contributed by atoms with van der Waals surface area (Å²) in [7, 11) is 2.24. The Bertz CT molecular complexity index is 725. The quantitative estimate of drug-likeness (QED) is 0.743. The number of benzene rings is 1. The molecule has 0 saturated carbocycles. The van der Waals surface area contributed by atoms with Crippen molar-refractivity contribution >= 4 is 22.9 Å². The van der Waals surface area contributed by atoms with Crippen LogP contribution >= 0.6 is 22.9 Å². The normalized spacial score (nSPS) is 27.3. The molecule has 0 amide bonds. The summed E-state index contributed by atoms with van der Waals surface area (Å²) in [5, 5.41) is 5.36. The van der Waals surface area contributed by atoms with Gasteiger partial charge in [-0.3, -0.25) is 9.80 Å². The highest BCUT2D eigenvalue weighted by molar-refractivity contribution is 7.08. The van der Waals surface area contributed by atoms with Gasteiger partial charge in [0.1, 0.15) is 0 Å². The smallest absolute Gasteiger partial charge is 0.0409 e. The van der Waals surface area contributed by atoms with Crippen LogP contribution in [-0.4, -0.2) is 42.0 Å². The fraction of sp³-hybridized carbons (Fsp3) is 0.500. The van der Waals surface area contributed by atoms with Crippen LogP contribution in [0.3, 0.4) is 0 Å². The predicted octanol–water partition coefficient (Wildman–Crippen LogP) is 5.00. The molecule has 1 aliphatic heterocycles. The standard InChI is InChI=1S/C20H25ClN2S/c1-20(2)13-23(8-7-22(20)3)19-11-17(14-6-9-24-12-14)16-5-4-15(21)10-18(16)19/h4-6,9-10,12,17,19H,7-8,11,13H2,1-3H3/t17-,19+/m1/s1. The average molecular weight is 361 g/mol. The van der Waals surface area contributed by atoms with Crippen molar-refractivity contribution in [3.05, 3.63) is 56.7 Å². The van der Waals surface area contributed by atoms with Crippen molar-refractivity contribution in [2.24, 2.45) is 0 Å². The highest BCUT2D eigenvalue weighted by atomic mass is 35.5. The lowest BCUT2D eigenvalue weighted by atomic mass is 9.95. The molecule has 0 radical (unpaired) electrons. The highest BCUT2D eigenvalue weighted by Gasteiger charge is 2.40. The van der Waals surface area contributed by atoms with Crippen LogP contribution in [0.25, 0.3) is 0 Å². The molecule has 2 aliphatic rings. The molecule has 128 valence electrons. The molecular weight excluding hydrogens is 336 g/mol. The molecule has 2 heterocycles. The Balaban J connectivity index is 1.69. The Morgan fingerprint density at radius 3 is 2.71 bits per heavy atom. The molecule has 24 heavy (non-hydrogen) atoms. The minimum atomic E-state index is 0.220. The van der Waals surface area contributed by atoms with E-state index in [-0.39, 0.29) is 5.54 Å². The number of halogens is 1. The number of hydrogen-bond donors (Lipinski definition) is 0. The Labute approximate surface area is 154 Å². The molecule has 4 heteroatoms. The van der Waals surface area contributed by atoms with Crippen LogP contribution in [0, 0.1) is 0 Å². The third-order valence-corrected chi connectivity index (χ3v) is 6.91. The van der Waals surface area contributed by atoms with Crippen molar-refractivity contribution in [3.8, 4) is 0 Å². The van der Waals surface area contributed by atoms with Gasteiger partial charge in [-0.2, -0.15) is 11.3 Å². The van der Waals surface area contributed by atoms with Crippen molar-refractivity contribution in [2.75, 3.05) is 26.7 Å². The molecule has 1 saturated heterocycles. The zero-order valence-corrected chi connectivity index (χ0v) is 16.2. The maximum absolute atomic E-state index is 6.35. The van der Waals surface area contributed by atoms with Crippen LogP contribution in [0.2, 0.25) is 5.02 Å². The van der Waals surface area contributed by atoms with Crippen LogP contribution in [0.15, 0.2) is 35.0 Å². The predicted molar refractivity (Wildman–Crippen MR) is 103 cm³/mol. The third-order valence-electron chi connectivity index (χ3n) is 5.97. The van der Waals surface area contributed by atoms with Crippen LogP contribution < -0.4 is 0 Å². The molecule has 1 fully saturated rings. The lowest BCUT2D eigenvalue weighted by Crippen LogP contribution is -2.58. The molecule has 1 aromatic carbocycles. The second kappa shape index (κ2) is 6.14. The molecule has 0 bridgehead atoms. The van der Waals surface area contributed by atoms with Gasteiger partial charge in [0.2, 0.25) is 0 Å². The van der Waals surface area contributed by atoms with Gasteiger partial charge in [-0.05, 0) is 73.0 Å². The van der Waals surface area contributed by atoms with Gasteiger partial charge in [0.25, 0.3) is 0 Å². The topological polar surface area (TPSA) is 6.48 Å². The summed E-state index contributed by atoms with van der Waals surface area (Å²) in [5.74, 6) is 0.510. The van der Waals surface area contributed by atoms with Crippen molar-refractivity contribution in [2.45, 2.75) is 37.8 Å². The molecule has 4 rings (SSSR count). The fourth-order valence-corrected chi connectivity index (χ4v) is 5.20. The average Bonchev–Trinajstić information content (AvgIpc) is 3.16. The number of fused-ring (bicyclic) bond motifs is 1. The molecule has 2 atom stereocenters. The maximum atomic E-state index is 6.35. The molecule has 0 unspecified atom stereocenters. The van der Waals surface area contributed by atoms with Gasteiger partial charge in [-0.25, -0.2) is 0 Å². The summed E-state index contributed by atoms with van der Waals surface area (Å²) in [6, 6.07) is 9.28.